The van der Waals surface area contributed by atoms with Crippen LogP contribution in [0.5, 0.6) is 0 Å². The van der Waals surface area contributed by atoms with E-state index in [4.69, 9.17) is 26.7 Å². The van der Waals surface area contributed by atoms with Gasteiger partial charge in [0.25, 0.3) is 5.69 Å². The first-order chi connectivity index (χ1) is 20.4. The first-order valence-electron chi connectivity index (χ1n) is 13.1. The van der Waals surface area contributed by atoms with Crippen LogP contribution in [0.2, 0.25) is 5.02 Å². The first-order valence-corrected chi connectivity index (χ1v) is 14.2. The number of anilines is 2. The molecule has 0 saturated carbocycles. The van der Waals surface area contributed by atoms with E-state index in [1.165, 1.54) is 12.1 Å². The number of nitrogens with zero attached hydrogens (tertiary/aromatic N) is 6. The lowest BCUT2D eigenvalue weighted by Crippen LogP contribution is -2.46. The summed E-state index contributed by atoms with van der Waals surface area (Å²) in [6.07, 6.45) is 0. The third kappa shape index (κ3) is 4.36. The number of nitrogens with one attached hydrogen (secondary N) is 1. The van der Waals surface area contributed by atoms with Crippen molar-refractivity contribution in [3.05, 3.63) is 133 Å². The monoisotopic (exact) mass is 637 g/mol. The predicted octanol–water partition coefficient (Wildman–Crippen LogP) is 8.30. The summed E-state index contributed by atoms with van der Waals surface area (Å²) in [5.74, 6) is 1.68. The van der Waals surface area contributed by atoms with Gasteiger partial charge in [0, 0.05) is 21.8 Å². The third-order valence-electron chi connectivity index (χ3n) is 7.21. The maximum atomic E-state index is 11.6. The summed E-state index contributed by atoms with van der Waals surface area (Å²) in [6.45, 7) is 2.00. The van der Waals surface area contributed by atoms with Crippen molar-refractivity contribution in [2.45, 2.75) is 13.0 Å². The average Bonchev–Trinajstić information content (AvgIpc) is 3.33. The molecule has 42 heavy (non-hydrogen) atoms. The van der Waals surface area contributed by atoms with E-state index in [2.05, 4.69) is 38.3 Å². The minimum Gasteiger partial charge on any atom is -0.337 e. The topological polar surface area (TPSA) is 101 Å². The second-order valence-corrected chi connectivity index (χ2v) is 11.2. The molecule has 0 radical (unpaired) electrons. The predicted molar refractivity (Wildman–Crippen MR) is 169 cm³/mol. The minimum atomic E-state index is -0.507. The second kappa shape index (κ2) is 10.2. The van der Waals surface area contributed by atoms with Gasteiger partial charge in [-0.25, -0.2) is 14.7 Å². The molecule has 0 fully saturated rings. The number of hydrogen-bond donors (Lipinski definition) is 1. The number of hydrogen-bond acceptors (Lipinski definition) is 7. The van der Waals surface area contributed by atoms with Crippen molar-refractivity contribution < 1.29 is 4.92 Å². The molecule has 206 valence electrons. The first kappa shape index (κ1) is 26.1. The van der Waals surface area contributed by atoms with Crippen molar-refractivity contribution in [2.24, 2.45) is 9.98 Å². The van der Waals surface area contributed by atoms with E-state index in [1.54, 1.807) is 6.07 Å². The normalized spacial score (nSPS) is 15.2. The summed E-state index contributed by atoms with van der Waals surface area (Å²) in [7, 11) is 0. The van der Waals surface area contributed by atoms with E-state index in [1.807, 2.05) is 78.3 Å². The molecule has 9 nitrogen and oxygen atoms in total. The zero-order valence-corrected chi connectivity index (χ0v) is 24.4. The molecule has 7 rings (SSSR count). The van der Waals surface area contributed by atoms with Crippen LogP contribution < -0.4 is 10.2 Å². The summed E-state index contributed by atoms with van der Waals surface area (Å²) >= 11 is 9.76. The number of aryl methyl sites for hydroxylation is 1. The lowest BCUT2D eigenvalue weighted by Gasteiger charge is -2.40. The van der Waals surface area contributed by atoms with E-state index in [0.29, 0.717) is 23.2 Å². The molecule has 5 aromatic rings. The Kier molecular flexibility index (Phi) is 6.37. The summed E-state index contributed by atoms with van der Waals surface area (Å²) in [4.78, 5) is 23.4. The number of aromatic nitrogens is 2. The summed E-state index contributed by atoms with van der Waals surface area (Å²) in [5, 5.41) is 19.9. The lowest BCUT2D eigenvalue weighted by molar-refractivity contribution is -0.384. The van der Waals surface area contributed by atoms with Crippen LogP contribution in [-0.4, -0.2) is 26.4 Å². The van der Waals surface area contributed by atoms with Gasteiger partial charge in [0.1, 0.15) is 5.02 Å². The van der Waals surface area contributed by atoms with Crippen LogP contribution in [0.15, 0.2) is 112 Å². The fourth-order valence-electron chi connectivity index (χ4n) is 5.41. The highest BCUT2D eigenvalue weighted by Crippen LogP contribution is 2.48. The maximum absolute atomic E-state index is 11.6. The van der Waals surface area contributed by atoms with Crippen LogP contribution in [0, 0.1) is 17.0 Å². The molecule has 2 aliphatic heterocycles. The minimum absolute atomic E-state index is 0.0553. The van der Waals surface area contributed by atoms with Gasteiger partial charge in [0.15, 0.2) is 17.5 Å². The number of aliphatic imine (C=N–C) groups is 2. The standard InChI is InChI=1S/C31H21BrClN7O2/c1-18-27-28(19-8-7-9-20(32)16-19)38-25-13-6-5-12-24(25)35-29(34-21-14-15-23(33)26(17-21)40(41)42)31(38)36-30(27)39(37-18)22-10-3-2-4-11-22/h2-17,28H,1H3,(H,34,35)/t28-/m1/s1. The molecule has 1 atom stereocenters. The van der Waals surface area contributed by atoms with Crippen molar-refractivity contribution in [1.82, 2.24) is 9.78 Å². The van der Waals surface area contributed by atoms with E-state index >= 15 is 0 Å². The number of halogens is 2. The highest BCUT2D eigenvalue weighted by Gasteiger charge is 2.41. The SMILES string of the molecule is Cc1nn(-c2ccccc2)c2c1[C@@H](c1cccc(Br)c1)N1C(=N2)C(Nc2ccc(Cl)c([N+](=O)[O-])c2)=Nc2ccccc21. The number of amidine groups is 2. The molecular weight excluding hydrogens is 618 g/mol. The van der Waals surface area contributed by atoms with Crippen molar-refractivity contribution in [2.75, 3.05) is 10.2 Å². The van der Waals surface area contributed by atoms with Gasteiger partial charge in [-0.2, -0.15) is 5.10 Å². The Hall–Kier alpha value is -4.80. The Morgan fingerprint density at radius 2 is 1.74 bits per heavy atom. The van der Waals surface area contributed by atoms with Crippen LogP contribution in [0.4, 0.5) is 28.6 Å². The highest BCUT2D eigenvalue weighted by atomic mass is 79.9. The van der Waals surface area contributed by atoms with E-state index in [-0.39, 0.29) is 16.8 Å². The molecule has 2 aliphatic rings. The van der Waals surface area contributed by atoms with Crippen LogP contribution >= 0.6 is 27.5 Å². The van der Waals surface area contributed by atoms with Crippen LogP contribution in [0.1, 0.15) is 22.9 Å². The highest BCUT2D eigenvalue weighted by molar-refractivity contribution is 9.10. The largest absolute Gasteiger partial charge is 0.337 e. The van der Waals surface area contributed by atoms with E-state index < -0.39 is 4.92 Å². The summed E-state index contributed by atoms with van der Waals surface area (Å²) in [6, 6.07) is 30.2. The molecule has 3 heterocycles. The smallest absolute Gasteiger partial charge is 0.289 e. The van der Waals surface area contributed by atoms with E-state index in [9.17, 15) is 10.1 Å². The molecule has 0 aliphatic carbocycles. The van der Waals surface area contributed by atoms with Gasteiger partial charge in [-0.15, -0.1) is 0 Å². The Labute approximate surface area is 254 Å². The van der Waals surface area contributed by atoms with Crippen LogP contribution in [-0.2, 0) is 0 Å². The molecule has 0 bridgehead atoms. The van der Waals surface area contributed by atoms with Gasteiger partial charge < -0.3 is 10.2 Å². The Morgan fingerprint density at radius 1 is 0.952 bits per heavy atom. The van der Waals surface area contributed by atoms with Crippen molar-refractivity contribution >= 4 is 67.8 Å². The number of benzene rings is 4. The zero-order chi connectivity index (χ0) is 29.0. The molecule has 0 saturated heterocycles. The molecule has 0 spiro atoms. The average molecular weight is 639 g/mol. The lowest BCUT2D eigenvalue weighted by atomic mass is 9.93. The summed E-state index contributed by atoms with van der Waals surface area (Å²) < 4.78 is 2.80. The van der Waals surface area contributed by atoms with Gasteiger partial charge in [-0.3, -0.25) is 10.1 Å². The molecule has 11 heteroatoms. The second-order valence-electron chi connectivity index (χ2n) is 9.83. The van der Waals surface area contributed by atoms with Gasteiger partial charge in [-0.05, 0) is 61.0 Å². The maximum Gasteiger partial charge on any atom is 0.289 e. The molecule has 1 N–H and O–H groups in total. The number of rotatable bonds is 4. The molecular formula is C31H21BrClN7O2. The molecule has 1 aromatic heterocycles. The van der Waals surface area contributed by atoms with Crippen LogP contribution in [0.25, 0.3) is 5.69 Å². The number of para-hydroxylation sites is 3. The molecule has 4 aromatic carbocycles. The van der Waals surface area contributed by atoms with Crippen molar-refractivity contribution in [3.63, 3.8) is 0 Å². The third-order valence-corrected chi connectivity index (χ3v) is 8.02. The number of nitro benzene ring substituents is 1. The quantitative estimate of drug-likeness (QED) is 0.158. The van der Waals surface area contributed by atoms with Gasteiger partial charge in [0.2, 0.25) is 0 Å². The number of nitro groups is 1. The Balaban J connectivity index is 1.48. The Morgan fingerprint density at radius 3 is 2.52 bits per heavy atom. The van der Waals surface area contributed by atoms with Crippen molar-refractivity contribution in [1.29, 1.82) is 0 Å². The molecule has 0 unspecified atom stereocenters. The van der Waals surface area contributed by atoms with E-state index in [0.717, 1.165) is 38.4 Å². The number of fused-ring (bicyclic) bond motifs is 4. The zero-order valence-electron chi connectivity index (χ0n) is 22.1. The fourth-order valence-corrected chi connectivity index (χ4v) is 6.01. The van der Waals surface area contributed by atoms with Gasteiger partial charge in [0.05, 0.1) is 33.7 Å². The summed E-state index contributed by atoms with van der Waals surface area (Å²) in [5.41, 5.74) is 5.61. The van der Waals surface area contributed by atoms with Crippen molar-refractivity contribution in [3.8, 4) is 5.69 Å². The van der Waals surface area contributed by atoms with Crippen LogP contribution in [0.3, 0.4) is 0 Å². The Bertz CT molecular complexity index is 1950. The van der Waals surface area contributed by atoms with Gasteiger partial charge >= 0.3 is 0 Å². The molecule has 0 amide bonds. The van der Waals surface area contributed by atoms with Gasteiger partial charge in [-0.1, -0.05) is 70.0 Å². The fraction of sp³-hybridized carbons (Fsp3) is 0.0645.